The minimum absolute atomic E-state index is 0.917. The summed E-state index contributed by atoms with van der Waals surface area (Å²) in [7, 11) is 0. The van der Waals surface area contributed by atoms with E-state index in [1.807, 2.05) is 26.0 Å². The third-order valence-electron chi connectivity index (χ3n) is 2.28. The van der Waals surface area contributed by atoms with Gasteiger partial charge in [-0.15, -0.1) is 0 Å². The summed E-state index contributed by atoms with van der Waals surface area (Å²) in [4.78, 5) is 0. The number of benzene rings is 1. The molecule has 0 unspecified atom stereocenters. The second-order valence-corrected chi connectivity index (χ2v) is 3.81. The molecule has 78 valence electrons. The molecule has 0 aliphatic heterocycles. The molecule has 0 N–H and O–H groups in total. The van der Waals surface area contributed by atoms with Crippen molar-refractivity contribution in [2.45, 2.75) is 20.3 Å². The van der Waals surface area contributed by atoms with Crippen molar-refractivity contribution in [3.8, 4) is 0 Å². The van der Waals surface area contributed by atoms with Gasteiger partial charge in [-0.3, -0.25) is 0 Å². The standard InChI is InChI=1S/C15H18/c1-5-6-13(4)11-14-7-9-15(10-8-14)12(2)3/h5-10H,2,4,11H2,1,3H3/b6-5-. The van der Waals surface area contributed by atoms with Crippen LogP contribution < -0.4 is 0 Å². The van der Waals surface area contributed by atoms with Gasteiger partial charge in [-0.05, 0) is 31.4 Å². The average Bonchev–Trinajstić information content (AvgIpc) is 2.18. The molecule has 0 radical (unpaired) electrons. The quantitative estimate of drug-likeness (QED) is 0.629. The van der Waals surface area contributed by atoms with E-state index < -0.39 is 0 Å². The van der Waals surface area contributed by atoms with Gasteiger partial charge >= 0.3 is 0 Å². The van der Waals surface area contributed by atoms with Crippen molar-refractivity contribution in [2.24, 2.45) is 0 Å². The van der Waals surface area contributed by atoms with E-state index in [4.69, 9.17) is 0 Å². The highest BCUT2D eigenvalue weighted by molar-refractivity contribution is 5.61. The van der Waals surface area contributed by atoms with Gasteiger partial charge in [-0.25, -0.2) is 0 Å². The summed E-state index contributed by atoms with van der Waals surface area (Å²) in [5.41, 5.74) is 4.74. The molecule has 1 aromatic carbocycles. The molecule has 1 aromatic rings. The van der Waals surface area contributed by atoms with Gasteiger partial charge < -0.3 is 0 Å². The Hall–Kier alpha value is -1.56. The lowest BCUT2D eigenvalue weighted by Crippen LogP contribution is -1.87. The molecule has 0 nitrogen and oxygen atoms in total. The molecule has 0 saturated carbocycles. The Morgan fingerprint density at radius 3 is 2.27 bits per heavy atom. The van der Waals surface area contributed by atoms with Crippen molar-refractivity contribution in [1.29, 1.82) is 0 Å². The maximum absolute atomic E-state index is 3.99. The van der Waals surface area contributed by atoms with Gasteiger partial charge in [0.25, 0.3) is 0 Å². The van der Waals surface area contributed by atoms with Crippen molar-refractivity contribution in [3.63, 3.8) is 0 Å². The summed E-state index contributed by atoms with van der Waals surface area (Å²) in [6, 6.07) is 8.50. The maximum Gasteiger partial charge on any atom is -0.00317 e. The van der Waals surface area contributed by atoms with Gasteiger partial charge in [-0.1, -0.05) is 60.7 Å². The van der Waals surface area contributed by atoms with Crippen LogP contribution in [0.2, 0.25) is 0 Å². The van der Waals surface area contributed by atoms with Crippen LogP contribution in [0.25, 0.3) is 5.57 Å². The SMILES string of the molecule is C=C(/C=C\C)Cc1ccc(C(=C)C)cc1. The van der Waals surface area contributed by atoms with E-state index in [0.717, 1.165) is 17.6 Å². The van der Waals surface area contributed by atoms with Crippen LogP contribution in [0.4, 0.5) is 0 Å². The van der Waals surface area contributed by atoms with E-state index in [2.05, 4.69) is 37.4 Å². The lowest BCUT2D eigenvalue weighted by Gasteiger charge is -2.03. The van der Waals surface area contributed by atoms with Crippen molar-refractivity contribution < 1.29 is 0 Å². The summed E-state index contributed by atoms with van der Waals surface area (Å²) in [6.07, 6.45) is 4.98. The predicted octanol–water partition coefficient (Wildman–Crippen LogP) is 4.39. The third kappa shape index (κ3) is 3.59. The Morgan fingerprint density at radius 2 is 1.80 bits per heavy atom. The number of hydrogen-bond donors (Lipinski definition) is 0. The number of hydrogen-bond acceptors (Lipinski definition) is 0. The summed E-state index contributed by atoms with van der Waals surface area (Å²) < 4.78 is 0. The Kier molecular flexibility index (Phi) is 4.11. The predicted molar refractivity (Wildman–Crippen MR) is 68.8 cm³/mol. The molecule has 0 spiro atoms. The van der Waals surface area contributed by atoms with Gasteiger partial charge in [0.15, 0.2) is 0 Å². The van der Waals surface area contributed by atoms with Crippen LogP contribution in [0.3, 0.4) is 0 Å². The smallest absolute Gasteiger partial charge is 0.00317 e. The summed E-state index contributed by atoms with van der Waals surface area (Å²) in [6.45, 7) is 11.9. The molecule has 0 fully saturated rings. The zero-order valence-corrected chi connectivity index (χ0v) is 9.59. The molecular formula is C15H18. The molecule has 0 aliphatic rings. The summed E-state index contributed by atoms with van der Waals surface area (Å²) in [5.74, 6) is 0. The highest BCUT2D eigenvalue weighted by atomic mass is 14.0. The fourth-order valence-electron chi connectivity index (χ4n) is 1.46. The second kappa shape index (κ2) is 5.35. The topological polar surface area (TPSA) is 0 Å². The van der Waals surface area contributed by atoms with Crippen molar-refractivity contribution in [3.05, 3.63) is 66.3 Å². The van der Waals surface area contributed by atoms with Crippen LogP contribution in [-0.4, -0.2) is 0 Å². The molecule has 15 heavy (non-hydrogen) atoms. The van der Waals surface area contributed by atoms with E-state index in [1.165, 1.54) is 11.1 Å². The minimum Gasteiger partial charge on any atom is -0.0955 e. The van der Waals surface area contributed by atoms with Crippen LogP contribution in [-0.2, 0) is 6.42 Å². The fourth-order valence-corrected chi connectivity index (χ4v) is 1.46. The zero-order chi connectivity index (χ0) is 11.3. The molecular weight excluding hydrogens is 180 g/mol. The highest BCUT2D eigenvalue weighted by Gasteiger charge is 1.96. The molecule has 0 saturated heterocycles. The molecule has 1 rings (SSSR count). The first-order valence-electron chi connectivity index (χ1n) is 5.18. The summed E-state index contributed by atoms with van der Waals surface area (Å²) in [5, 5.41) is 0. The van der Waals surface area contributed by atoms with Crippen LogP contribution in [0, 0.1) is 0 Å². The summed E-state index contributed by atoms with van der Waals surface area (Å²) >= 11 is 0. The first-order valence-corrected chi connectivity index (χ1v) is 5.18. The molecule has 0 amide bonds. The lowest BCUT2D eigenvalue weighted by molar-refractivity contribution is 1.20. The van der Waals surface area contributed by atoms with Gasteiger partial charge in [0.1, 0.15) is 0 Å². The van der Waals surface area contributed by atoms with Gasteiger partial charge in [0, 0.05) is 0 Å². The molecule has 0 aromatic heterocycles. The molecule has 0 heterocycles. The number of rotatable bonds is 4. The van der Waals surface area contributed by atoms with Crippen molar-refractivity contribution >= 4 is 5.57 Å². The van der Waals surface area contributed by atoms with Gasteiger partial charge in [0.2, 0.25) is 0 Å². The first-order chi connectivity index (χ1) is 7.13. The minimum atomic E-state index is 0.917. The largest absolute Gasteiger partial charge is 0.0955 e. The first kappa shape index (κ1) is 11.5. The second-order valence-electron chi connectivity index (χ2n) is 3.81. The Morgan fingerprint density at radius 1 is 1.20 bits per heavy atom. The van der Waals surface area contributed by atoms with E-state index in [9.17, 15) is 0 Å². The van der Waals surface area contributed by atoms with Crippen molar-refractivity contribution in [1.82, 2.24) is 0 Å². The lowest BCUT2D eigenvalue weighted by atomic mass is 10.0. The molecule has 0 bridgehead atoms. The van der Waals surface area contributed by atoms with E-state index >= 15 is 0 Å². The number of allylic oxidation sites excluding steroid dienone is 4. The highest BCUT2D eigenvalue weighted by Crippen LogP contribution is 2.14. The van der Waals surface area contributed by atoms with Crippen LogP contribution in [0.1, 0.15) is 25.0 Å². The normalized spacial score (nSPS) is 10.5. The Labute approximate surface area is 92.6 Å². The molecule has 0 aliphatic carbocycles. The maximum atomic E-state index is 3.99. The monoisotopic (exact) mass is 198 g/mol. The van der Waals surface area contributed by atoms with E-state index in [0.29, 0.717) is 0 Å². The Balaban J connectivity index is 2.72. The molecule has 0 atom stereocenters. The van der Waals surface area contributed by atoms with E-state index in [-0.39, 0.29) is 0 Å². The van der Waals surface area contributed by atoms with E-state index in [1.54, 1.807) is 0 Å². The zero-order valence-electron chi connectivity index (χ0n) is 9.59. The third-order valence-corrected chi connectivity index (χ3v) is 2.28. The fraction of sp³-hybridized carbons (Fsp3) is 0.200. The van der Waals surface area contributed by atoms with Crippen LogP contribution in [0.15, 0.2) is 55.1 Å². The van der Waals surface area contributed by atoms with Crippen LogP contribution >= 0.6 is 0 Å². The molecule has 0 heteroatoms. The Bertz CT molecular complexity index is 377. The van der Waals surface area contributed by atoms with Crippen molar-refractivity contribution in [2.75, 3.05) is 0 Å². The van der Waals surface area contributed by atoms with Crippen LogP contribution in [0.5, 0.6) is 0 Å². The van der Waals surface area contributed by atoms with Gasteiger partial charge in [0.05, 0.1) is 0 Å². The van der Waals surface area contributed by atoms with Gasteiger partial charge in [-0.2, -0.15) is 0 Å². The average molecular weight is 198 g/mol.